The fourth-order valence-electron chi connectivity index (χ4n) is 2.29. The molecule has 1 aliphatic carbocycles. The van der Waals surface area contributed by atoms with Crippen LogP contribution in [0.25, 0.3) is 0 Å². The van der Waals surface area contributed by atoms with E-state index in [9.17, 15) is 9.59 Å². The molecule has 116 valence electrons. The number of rotatable bonds is 3. The molecule has 1 fully saturated rings. The number of hydrogen-bond acceptors (Lipinski definition) is 5. The maximum absolute atomic E-state index is 11.8. The van der Waals surface area contributed by atoms with Crippen LogP contribution in [0.5, 0.6) is 0 Å². The van der Waals surface area contributed by atoms with Gasteiger partial charge in [-0.05, 0) is 47.0 Å². The van der Waals surface area contributed by atoms with Gasteiger partial charge in [-0.15, -0.1) is 0 Å². The molecule has 6 heteroatoms. The van der Waals surface area contributed by atoms with Crippen LogP contribution in [0.2, 0.25) is 0 Å². The lowest BCUT2D eigenvalue weighted by molar-refractivity contribution is -0.149. The zero-order chi connectivity index (χ0) is 15.3. The third kappa shape index (κ3) is 5.36. The SMILES string of the molecule is CCOC(=O)[C@H]1CC[C@H](N)[C@H](NC(=O)OC(C)(C)C)C1. The van der Waals surface area contributed by atoms with E-state index < -0.39 is 11.7 Å². The van der Waals surface area contributed by atoms with Crippen molar-refractivity contribution in [1.29, 1.82) is 0 Å². The summed E-state index contributed by atoms with van der Waals surface area (Å²) in [6, 6.07) is -0.416. The molecule has 0 saturated heterocycles. The molecular formula is C14H26N2O4. The number of esters is 1. The maximum Gasteiger partial charge on any atom is 0.407 e. The number of carbonyl (C=O) groups excluding carboxylic acids is 2. The van der Waals surface area contributed by atoms with E-state index in [0.717, 1.165) is 0 Å². The smallest absolute Gasteiger partial charge is 0.407 e. The summed E-state index contributed by atoms with van der Waals surface area (Å²) < 4.78 is 10.2. The average molecular weight is 286 g/mol. The lowest BCUT2D eigenvalue weighted by atomic mass is 9.83. The van der Waals surface area contributed by atoms with E-state index in [2.05, 4.69) is 5.32 Å². The Labute approximate surface area is 120 Å². The molecule has 0 aromatic heterocycles. The zero-order valence-electron chi connectivity index (χ0n) is 12.8. The first kappa shape index (κ1) is 16.8. The summed E-state index contributed by atoms with van der Waals surface area (Å²) in [4.78, 5) is 23.5. The molecule has 3 N–H and O–H groups in total. The first-order chi connectivity index (χ1) is 9.23. The van der Waals surface area contributed by atoms with Gasteiger partial charge in [0.15, 0.2) is 0 Å². The van der Waals surface area contributed by atoms with Gasteiger partial charge in [-0.3, -0.25) is 4.79 Å². The van der Waals surface area contributed by atoms with Gasteiger partial charge in [-0.2, -0.15) is 0 Å². The van der Waals surface area contributed by atoms with Gasteiger partial charge in [0.25, 0.3) is 0 Å². The molecule has 3 atom stereocenters. The molecule has 1 saturated carbocycles. The molecule has 1 aliphatic rings. The summed E-state index contributed by atoms with van der Waals surface area (Å²) in [6.07, 6.45) is 1.39. The minimum absolute atomic E-state index is 0.159. The minimum Gasteiger partial charge on any atom is -0.466 e. The van der Waals surface area contributed by atoms with E-state index in [0.29, 0.717) is 25.9 Å². The van der Waals surface area contributed by atoms with E-state index in [-0.39, 0.29) is 24.0 Å². The van der Waals surface area contributed by atoms with Crippen LogP contribution < -0.4 is 11.1 Å². The zero-order valence-corrected chi connectivity index (χ0v) is 12.8. The summed E-state index contributed by atoms with van der Waals surface area (Å²) in [5, 5.41) is 2.76. The molecule has 1 rings (SSSR count). The van der Waals surface area contributed by atoms with E-state index in [1.807, 2.05) is 0 Å². The predicted molar refractivity (Wildman–Crippen MR) is 75.1 cm³/mol. The van der Waals surface area contributed by atoms with Crippen molar-refractivity contribution in [2.75, 3.05) is 6.61 Å². The van der Waals surface area contributed by atoms with Gasteiger partial charge in [-0.1, -0.05) is 0 Å². The fraction of sp³-hybridized carbons (Fsp3) is 0.857. The van der Waals surface area contributed by atoms with Gasteiger partial charge >= 0.3 is 12.1 Å². The highest BCUT2D eigenvalue weighted by atomic mass is 16.6. The first-order valence-corrected chi connectivity index (χ1v) is 7.14. The van der Waals surface area contributed by atoms with Crippen LogP contribution in [-0.2, 0) is 14.3 Å². The Hall–Kier alpha value is -1.30. The number of ether oxygens (including phenoxy) is 2. The summed E-state index contributed by atoms with van der Waals surface area (Å²) in [5.41, 5.74) is 5.45. The minimum atomic E-state index is -0.552. The molecule has 0 heterocycles. The standard InChI is InChI=1S/C14H26N2O4/c1-5-19-12(17)9-6-7-10(15)11(8-9)16-13(18)20-14(2,3)4/h9-11H,5-8,15H2,1-4H3,(H,16,18)/t9-,10-,11+/m0/s1. The molecule has 0 radical (unpaired) electrons. The molecule has 1 amide bonds. The lowest BCUT2D eigenvalue weighted by Crippen LogP contribution is -2.53. The second-order valence-corrected chi connectivity index (χ2v) is 6.18. The second-order valence-electron chi connectivity index (χ2n) is 6.18. The Morgan fingerprint density at radius 2 is 1.95 bits per heavy atom. The monoisotopic (exact) mass is 286 g/mol. The Balaban J connectivity index is 2.54. The van der Waals surface area contributed by atoms with Gasteiger partial charge in [-0.25, -0.2) is 4.79 Å². The van der Waals surface area contributed by atoms with E-state index in [1.165, 1.54) is 0 Å². The van der Waals surface area contributed by atoms with Crippen LogP contribution in [0.15, 0.2) is 0 Å². The summed E-state index contributed by atoms with van der Waals surface area (Å²) >= 11 is 0. The Bertz CT molecular complexity index is 352. The normalized spacial score (nSPS) is 26.8. The van der Waals surface area contributed by atoms with Crippen LogP contribution in [0.4, 0.5) is 4.79 Å². The predicted octanol–water partition coefficient (Wildman–Crippen LogP) is 1.57. The van der Waals surface area contributed by atoms with E-state index in [4.69, 9.17) is 15.2 Å². The third-order valence-corrected chi connectivity index (χ3v) is 3.23. The van der Waals surface area contributed by atoms with E-state index in [1.54, 1.807) is 27.7 Å². The van der Waals surface area contributed by atoms with Crippen molar-refractivity contribution in [3.63, 3.8) is 0 Å². The van der Waals surface area contributed by atoms with Crippen molar-refractivity contribution in [1.82, 2.24) is 5.32 Å². The molecule has 0 unspecified atom stereocenters. The summed E-state index contributed by atoms with van der Waals surface area (Å²) in [5.74, 6) is -0.412. The van der Waals surface area contributed by atoms with Gasteiger partial charge in [0.05, 0.1) is 12.5 Å². The molecule has 0 aromatic carbocycles. The number of nitrogens with one attached hydrogen (secondary N) is 1. The van der Waals surface area contributed by atoms with Crippen molar-refractivity contribution >= 4 is 12.1 Å². The van der Waals surface area contributed by atoms with Crippen LogP contribution in [0.3, 0.4) is 0 Å². The van der Waals surface area contributed by atoms with Gasteiger partial charge in [0, 0.05) is 12.1 Å². The number of carbonyl (C=O) groups is 2. The number of nitrogens with two attached hydrogens (primary N) is 1. The van der Waals surface area contributed by atoms with Gasteiger partial charge in [0.1, 0.15) is 5.60 Å². The van der Waals surface area contributed by atoms with Crippen LogP contribution in [0.1, 0.15) is 47.0 Å². The molecule has 0 aliphatic heterocycles. The number of amides is 1. The topological polar surface area (TPSA) is 90.6 Å². The lowest BCUT2D eigenvalue weighted by Gasteiger charge is -2.34. The molecule has 20 heavy (non-hydrogen) atoms. The third-order valence-electron chi connectivity index (χ3n) is 3.23. The average Bonchev–Trinajstić information content (AvgIpc) is 2.29. The number of hydrogen-bond donors (Lipinski definition) is 2. The quantitative estimate of drug-likeness (QED) is 0.768. The Morgan fingerprint density at radius 3 is 2.50 bits per heavy atom. The highest BCUT2D eigenvalue weighted by molar-refractivity contribution is 5.73. The van der Waals surface area contributed by atoms with Crippen LogP contribution >= 0.6 is 0 Å². The highest BCUT2D eigenvalue weighted by Gasteiger charge is 2.34. The summed E-state index contributed by atoms with van der Waals surface area (Å²) in [7, 11) is 0. The molecular weight excluding hydrogens is 260 g/mol. The van der Waals surface area contributed by atoms with Crippen molar-refractivity contribution in [2.24, 2.45) is 11.7 Å². The van der Waals surface area contributed by atoms with E-state index >= 15 is 0 Å². The Morgan fingerprint density at radius 1 is 1.30 bits per heavy atom. The Kier molecular flexibility index (Phi) is 5.80. The fourth-order valence-corrected chi connectivity index (χ4v) is 2.29. The van der Waals surface area contributed by atoms with Crippen LogP contribution in [0, 0.1) is 5.92 Å². The number of alkyl carbamates (subject to hydrolysis) is 1. The molecule has 0 spiro atoms. The van der Waals surface area contributed by atoms with Gasteiger partial charge < -0.3 is 20.5 Å². The highest BCUT2D eigenvalue weighted by Crippen LogP contribution is 2.25. The maximum atomic E-state index is 11.8. The second kappa shape index (κ2) is 6.92. The largest absolute Gasteiger partial charge is 0.466 e. The van der Waals surface area contributed by atoms with Gasteiger partial charge in [0.2, 0.25) is 0 Å². The van der Waals surface area contributed by atoms with Crippen molar-refractivity contribution in [2.45, 2.75) is 64.6 Å². The van der Waals surface area contributed by atoms with Crippen LogP contribution in [-0.4, -0.2) is 36.4 Å². The summed E-state index contributed by atoms with van der Waals surface area (Å²) in [6.45, 7) is 7.55. The molecule has 0 aromatic rings. The first-order valence-electron chi connectivity index (χ1n) is 7.14. The van der Waals surface area contributed by atoms with Crippen molar-refractivity contribution < 1.29 is 19.1 Å². The van der Waals surface area contributed by atoms with Crippen molar-refractivity contribution in [3.05, 3.63) is 0 Å². The molecule has 6 nitrogen and oxygen atoms in total. The van der Waals surface area contributed by atoms with Crippen molar-refractivity contribution in [3.8, 4) is 0 Å². The molecule has 0 bridgehead atoms.